The molecule has 0 aromatic carbocycles. The molecule has 0 radical (unpaired) electrons. The van der Waals surface area contributed by atoms with Gasteiger partial charge in [0.05, 0.1) is 6.04 Å². The van der Waals surface area contributed by atoms with Gasteiger partial charge in [0.1, 0.15) is 17.2 Å². The van der Waals surface area contributed by atoms with Gasteiger partial charge in [0, 0.05) is 0 Å². The Kier molecular flexibility index (Phi) is 3.38. The Morgan fingerprint density at radius 1 is 1.56 bits per heavy atom. The lowest BCUT2D eigenvalue weighted by molar-refractivity contribution is -0.146. The van der Waals surface area contributed by atoms with Gasteiger partial charge in [-0.15, -0.1) is 0 Å². The lowest BCUT2D eigenvalue weighted by Gasteiger charge is -2.37. The van der Waals surface area contributed by atoms with Crippen molar-refractivity contribution in [3.05, 3.63) is 11.6 Å². The van der Waals surface area contributed by atoms with E-state index in [1.165, 1.54) is 0 Å². The molecule has 6 heteroatoms. The van der Waals surface area contributed by atoms with Crippen LogP contribution >= 0.6 is 0 Å². The summed E-state index contributed by atoms with van der Waals surface area (Å²) in [6, 6.07) is 0.114. The third-order valence-corrected chi connectivity index (χ3v) is 3.87. The van der Waals surface area contributed by atoms with Crippen LogP contribution in [-0.4, -0.2) is 38.4 Å². The molecule has 18 heavy (non-hydrogen) atoms. The number of hydrogen-bond acceptors (Lipinski definition) is 4. The van der Waals surface area contributed by atoms with Crippen molar-refractivity contribution in [3.8, 4) is 0 Å². The number of aryl methyl sites for hydroxylation is 2. The first kappa shape index (κ1) is 13.0. The summed E-state index contributed by atoms with van der Waals surface area (Å²) < 4.78 is 1.88. The molecule has 2 rings (SSSR count). The van der Waals surface area contributed by atoms with Gasteiger partial charge >= 0.3 is 5.97 Å². The molecule has 1 aliphatic rings. The Hall–Kier alpha value is -1.43. The molecule has 1 saturated carbocycles. The molecule has 1 heterocycles. The van der Waals surface area contributed by atoms with Crippen LogP contribution < -0.4 is 5.32 Å². The summed E-state index contributed by atoms with van der Waals surface area (Å²) in [5, 5.41) is 16.8. The SMILES string of the molecule is CNC1(C(=O)O)CCCC(n2nc(C)nc2C)C1. The number of aromatic nitrogens is 3. The maximum absolute atomic E-state index is 11.5. The van der Waals surface area contributed by atoms with Gasteiger partial charge in [0.25, 0.3) is 0 Å². The second-order valence-corrected chi connectivity index (χ2v) is 5.04. The predicted molar refractivity (Wildman–Crippen MR) is 66.4 cm³/mol. The first-order valence-electron chi connectivity index (χ1n) is 6.30. The topological polar surface area (TPSA) is 80.0 Å². The van der Waals surface area contributed by atoms with E-state index in [2.05, 4.69) is 15.4 Å². The van der Waals surface area contributed by atoms with Crippen LogP contribution in [0.5, 0.6) is 0 Å². The highest BCUT2D eigenvalue weighted by Crippen LogP contribution is 2.35. The lowest BCUT2D eigenvalue weighted by atomic mass is 9.79. The summed E-state index contributed by atoms with van der Waals surface area (Å²) in [6.07, 6.45) is 3.07. The fourth-order valence-electron chi connectivity index (χ4n) is 2.86. The molecule has 1 aromatic heterocycles. The molecule has 6 nitrogen and oxygen atoms in total. The van der Waals surface area contributed by atoms with Gasteiger partial charge in [-0.1, -0.05) is 0 Å². The molecule has 2 atom stereocenters. The number of hydrogen-bond donors (Lipinski definition) is 2. The molecule has 100 valence electrons. The fraction of sp³-hybridized carbons (Fsp3) is 0.750. The number of carboxylic acids is 1. The number of nitrogens with zero attached hydrogens (tertiary/aromatic N) is 3. The minimum Gasteiger partial charge on any atom is -0.480 e. The van der Waals surface area contributed by atoms with E-state index in [1.54, 1.807) is 7.05 Å². The summed E-state index contributed by atoms with van der Waals surface area (Å²) in [7, 11) is 1.72. The molecular formula is C12H20N4O2. The number of rotatable bonds is 3. The van der Waals surface area contributed by atoms with E-state index in [0.717, 1.165) is 24.5 Å². The van der Waals surface area contributed by atoms with Gasteiger partial charge in [0.2, 0.25) is 0 Å². The smallest absolute Gasteiger partial charge is 0.323 e. The molecular weight excluding hydrogens is 232 g/mol. The van der Waals surface area contributed by atoms with Crippen LogP contribution in [-0.2, 0) is 4.79 Å². The Labute approximate surface area is 106 Å². The average Bonchev–Trinajstić information content (AvgIpc) is 2.68. The van der Waals surface area contributed by atoms with Crippen LogP contribution in [0.25, 0.3) is 0 Å². The van der Waals surface area contributed by atoms with E-state index >= 15 is 0 Å². The van der Waals surface area contributed by atoms with Crippen LogP contribution in [0.2, 0.25) is 0 Å². The zero-order valence-corrected chi connectivity index (χ0v) is 11.1. The third-order valence-electron chi connectivity index (χ3n) is 3.87. The Morgan fingerprint density at radius 2 is 2.28 bits per heavy atom. The summed E-state index contributed by atoms with van der Waals surface area (Å²) in [6.45, 7) is 3.77. The maximum Gasteiger partial charge on any atom is 0.323 e. The van der Waals surface area contributed by atoms with Crippen molar-refractivity contribution in [2.45, 2.75) is 51.1 Å². The van der Waals surface area contributed by atoms with Crippen molar-refractivity contribution in [1.82, 2.24) is 20.1 Å². The van der Waals surface area contributed by atoms with E-state index in [9.17, 15) is 9.90 Å². The number of likely N-dealkylation sites (N-methyl/N-ethyl adjacent to an activating group) is 1. The monoisotopic (exact) mass is 252 g/mol. The predicted octanol–water partition coefficient (Wildman–Crippen LogP) is 1.05. The molecule has 1 aromatic rings. The van der Waals surface area contributed by atoms with E-state index in [0.29, 0.717) is 12.8 Å². The summed E-state index contributed by atoms with van der Waals surface area (Å²) in [5.74, 6) is 0.822. The Balaban J connectivity index is 2.26. The van der Waals surface area contributed by atoms with Crippen LogP contribution in [0.3, 0.4) is 0 Å². The van der Waals surface area contributed by atoms with E-state index in [4.69, 9.17) is 0 Å². The third kappa shape index (κ3) is 2.12. The lowest BCUT2D eigenvalue weighted by Crippen LogP contribution is -2.53. The van der Waals surface area contributed by atoms with Crippen LogP contribution in [0, 0.1) is 13.8 Å². The van der Waals surface area contributed by atoms with E-state index in [-0.39, 0.29) is 6.04 Å². The highest BCUT2D eigenvalue weighted by Gasteiger charge is 2.42. The second kappa shape index (κ2) is 4.68. The van der Waals surface area contributed by atoms with Gasteiger partial charge in [-0.2, -0.15) is 5.10 Å². The van der Waals surface area contributed by atoms with Crippen molar-refractivity contribution < 1.29 is 9.90 Å². The van der Waals surface area contributed by atoms with Crippen LogP contribution in [0.4, 0.5) is 0 Å². The summed E-state index contributed by atoms with van der Waals surface area (Å²) in [5.41, 5.74) is -0.824. The molecule has 1 aliphatic carbocycles. The van der Waals surface area contributed by atoms with Crippen molar-refractivity contribution in [2.24, 2.45) is 0 Å². The zero-order chi connectivity index (χ0) is 13.3. The molecule has 0 saturated heterocycles. The van der Waals surface area contributed by atoms with E-state index in [1.807, 2.05) is 18.5 Å². The van der Waals surface area contributed by atoms with Gasteiger partial charge in [0.15, 0.2) is 0 Å². The standard InChI is InChI=1S/C12H20N4O2/c1-8-14-9(2)16(15-8)10-5-4-6-12(7-10,13-3)11(17)18/h10,13H,4-7H2,1-3H3,(H,17,18). The van der Waals surface area contributed by atoms with Crippen molar-refractivity contribution in [2.75, 3.05) is 7.05 Å². The molecule has 0 amide bonds. The van der Waals surface area contributed by atoms with Gasteiger partial charge in [-0.25, -0.2) is 9.67 Å². The van der Waals surface area contributed by atoms with Crippen molar-refractivity contribution in [3.63, 3.8) is 0 Å². The number of aliphatic carboxylic acids is 1. The quantitative estimate of drug-likeness (QED) is 0.840. The summed E-state index contributed by atoms with van der Waals surface area (Å²) in [4.78, 5) is 15.8. The average molecular weight is 252 g/mol. The minimum absolute atomic E-state index is 0.114. The van der Waals surface area contributed by atoms with Crippen LogP contribution in [0.15, 0.2) is 0 Å². The second-order valence-electron chi connectivity index (χ2n) is 5.04. The van der Waals surface area contributed by atoms with E-state index < -0.39 is 11.5 Å². The zero-order valence-electron chi connectivity index (χ0n) is 11.1. The Morgan fingerprint density at radius 3 is 2.78 bits per heavy atom. The van der Waals surface area contributed by atoms with Gasteiger partial charge in [-0.3, -0.25) is 4.79 Å². The fourth-order valence-corrected chi connectivity index (χ4v) is 2.86. The highest BCUT2D eigenvalue weighted by atomic mass is 16.4. The molecule has 1 fully saturated rings. The highest BCUT2D eigenvalue weighted by molar-refractivity contribution is 5.79. The van der Waals surface area contributed by atoms with Crippen molar-refractivity contribution in [1.29, 1.82) is 0 Å². The van der Waals surface area contributed by atoms with Crippen LogP contribution in [0.1, 0.15) is 43.4 Å². The number of carboxylic acid groups (broad SMARTS) is 1. The summed E-state index contributed by atoms with van der Waals surface area (Å²) >= 11 is 0. The van der Waals surface area contributed by atoms with Crippen molar-refractivity contribution >= 4 is 5.97 Å². The minimum atomic E-state index is -0.824. The maximum atomic E-state index is 11.5. The molecule has 0 bridgehead atoms. The number of carbonyl (C=O) groups is 1. The molecule has 0 aliphatic heterocycles. The van der Waals surface area contributed by atoms with Gasteiger partial charge < -0.3 is 10.4 Å². The first-order chi connectivity index (χ1) is 8.48. The first-order valence-corrected chi connectivity index (χ1v) is 6.30. The molecule has 2 unspecified atom stereocenters. The largest absolute Gasteiger partial charge is 0.480 e. The number of nitrogens with one attached hydrogen (secondary N) is 1. The normalized spacial score (nSPS) is 28.3. The van der Waals surface area contributed by atoms with Gasteiger partial charge in [-0.05, 0) is 46.6 Å². The molecule has 2 N–H and O–H groups in total. The molecule has 0 spiro atoms. The Bertz CT molecular complexity index is 457.